The molecule has 3 unspecified atom stereocenters. The van der Waals surface area contributed by atoms with Crippen molar-refractivity contribution in [1.82, 2.24) is 0 Å². The molecule has 0 spiro atoms. The van der Waals surface area contributed by atoms with Crippen molar-refractivity contribution in [2.45, 2.75) is 94.5 Å². The number of fused-ring (bicyclic) bond motifs is 3. The fourth-order valence-corrected chi connectivity index (χ4v) is 7.66. The number of phenolic OH excluding ortho intramolecular Hbond substituents is 1. The minimum atomic E-state index is -0.287. The van der Waals surface area contributed by atoms with Crippen LogP contribution in [0.25, 0.3) is 0 Å². The second-order valence-corrected chi connectivity index (χ2v) is 10.9. The minimum absolute atomic E-state index is 0.161. The predicted molar refractivity (Wildman–Crippen MR) is 106 cm³/mol. The van der Waals surface area contributed by atoms with E-state index in [1.165, 1.54) is 19.3 Å². The molecule has 3 aliphatic carbocycles. The number of hydrogen-bond acceptors (Lipinski definition) is 4. The van der Waals surface area contributed by atoms with Gasteiger partial charge in [-0.2, -0.15) is 0 Å². The number of rotatable bonds is 1. The molecule has 3 saturated carbocycles. The number of aliphatic hydroxyl groups is 1. The zero-order valence-corrected chi connectivity index (χ0v) is 17.0. The van der Waals surface area contributed by atoms with E-state index in [-0.39, 0.29) is 23.2 Å². The molecule has 4 nitrogen and oxygen atoms in total. The summed E-state index contributed by atoms with van der Waals surface area (Å²) in [7, 11) is 0. The summed E-state index contributed by atoms with van der Waals surface area (Å²) < 4.78 is 13.1. The number of hydrogen-bond donors (Lipinski definition) is 2. The molecule has 0 amide bonds. The molecule has 0 radical (unpaired) electrons. The number of aliphatic hydroxyl groups excluding tert-OH is 1. The van der Waals surface area contributed by atoms with E-state index in [4.69, 9.17) is 9.47 Å². The highest BCUT2D eigenvalue weighted by Gasteiger charge is 2.54. The van der Waals surface area contributed by atoms with Gasteiger partial charge >= 0.3 is 0 Å². The molecule has 7 atom stereocenters. The Bertz CT molecular complexity index is 778. The zero-order valence-electron chi connectivity index (χ0n) is 17.0. The molecule has 28 heavy (non-hydrogen) atoms. The lowest BCUT2D eigenvalue weighted by molar-refractivity contribution is -0.226. The first-order chi connectivity index (χ1) is 13.3. The van der Waals surface area contributed by atoms with E-state index in [0.717, 1.165) is 54.4 Å². The molecule has 1 aromatic rings. The van der Waals surface area contributed by atoms with Crippen LogP contribution in [-0.4, -0.2) is 28.0 Å². The maximum atomic E-state index is 11.1. The van der Waals surface area contributed by atoms with Gasteiger partial charge in [-0.3, -0.25) is 0 Å². The lowest BCUT2D eigenvalue weighted by atomic mass is 9.60. The second-order valence-electron chi connectivity index (χ2n) is 10.9. The van der Waals surface area contributed by atoms with Crippen LogP contribution in [0, 0.1) is 17.8 Å². The summed E-state index contributed by atoms with van der Waals surface area (Å²) in [6, 6.07) is 4.13. The first-order valence-corrected chi connectivity index (χ1v) is 11.3. The molecule has 152 valence electrons. The smallest absolute Gasteiger partial charge is 0.127 e. The third-order valence-electron chi connectivity index (χ3n) is 8.59. The molecule has 2 saturated heterocycles. The molecule has 2 N–H and O–H groups in total. The molecule has 0 aromatic heterocycles. The van der Waals surface area contributed by atoms with E-state index in [1.54, 1.807) is 0 Å². The Morgan fingerprint density at radius 3 is 2.46 bits per heavy atom. The molecule has 5 fully saturated rings. The molecule has 7 rings (SSSR count). The van der Waals surface area contributed by atoms with Crippen molar-refractivity contribution in [2.75, 3.05) is 0 Å². The van der Waals surface area contributed by atoms with Gasteiger partial charge in [0.1, 0.15) is 17.1 Å². The Morgan fingerprint density at radius 2 is 1.75 bits per heavy atom. The van der Waals surface area contributed by atoms with Gasteiger partial charge in [0.05, 0.1) is 17.8 Å². The molecule has 1 aromatic carbocycles. The number of phenols is 1. The van der Waals surface area contributed by atoms with Gasteiger partial charge in [-0.05, 0) is 94.7 Å². The number of ether oxygens (including phenoxy) is 2. The van der Waals surface area contributed by atoms with Crippen molar-refractivity contribution < 1.29 is 19.7 Å². The highest BCUT2D eigenvalue weighted by atomic mass is 16.5. The van der Waals surface area contributed by atoms with Gasteiger partial charge < -0.3 is 19.7 Å². The van der Waals surface area contributed by atoms with E-state index in [2.05, 4.69) is 19.9 Å². The van der Waals surface area contributed by atoms with Crippen LogP contribution in [-0.2, 0) is 10.3 Å². The van der Waals surface area contributed by atoms with Crippen LogP contribution in [0.15, 0.2) is 12.1 Å². The van der Waals surface area contributed by atoms with Crippen molar-refractivity contribution >= 4 is 0 Å². The van der Waals surface area contributed by atoms with Crippen molar-refractivity contribution in [3.05, 3.63) is 23.3 Å². The van der Waals surface area contributed by atoms with Crippen molar-refractivity contribution in [2.24, 2.45) is 17.8 Å². The summed E-state index contributed by atoms with van der Waals surface area (Å²) >= 11 is 0. The first-order valence-electron chi connectivity index (χ1n) is 11.3. The Hall–Kier alpha value is -1.26. The van der Waals surface area contributed by atoms with Gasteiger partial charge in [0.15, 0.2) is 0 Å². The molecule has 4 heteroatoms. The summed E-state index contributed by atoms with van der Waals surface area (Å²) in [6.45, 7) is 4.33. The SMILES string of the molecule is CC1(C)Oc2cc(C34C[C@@H]5CC(C[C@@H](C5)C3)O4)cc(O)c2[C@@H]2C[C@H](O)CCC21. The summed E-state index contributed by atoms with van der Waals surface area (Å²) in [5.41, 5.74) is 1.49. The molecule has 3 heterocycles. The highest BCUT2D eigenvalue weighted by Crippen LogP contribution is 2.60. The van der Waals surface area contributed by atoms with E-state index in [1.807, 2.05) is 6.07 Å². The van der Waals surface area contributed by atoms with E-state index >= 15 is 0 Å². The van der Waals surface area contributed by atoms with Gasteiger partial charge in [-0.25, -0.2) is 0 Å². The quantitative estimate of drug-likeness (QED) is 0.742. The molecule has 3 aliphatic heterocycles. The van der Waals surface area contributed by atoms with Crippen LogP contribution in [0.1, 0.15) is 82.3 Å². The normalized spacial score (nSPS) is 45.2. The van der Waals surface area contributed by atoms with Crippen molar-refractivity contribution in [3.63, 3.8) is 0 Å². The predicted octanol–water partition coefficient (Wildman–Crippen LogP) is 4.61. The molecule has 4 bridgehead atoms. The topological polar surface area (TPSA) is 58.9 Å². The maximum absolute atomic E-state index is 11.1. The van der Waals surface area contributed by atoms with Crippen LogP contribution in [0.4, 0.5) is 0 Å². The lowest BCUT2D eigenvalue weighted by Gasteiger charge is -2.57. The highest BCUT2D eigenvalue weighted by molar-refractivity contribution is 5.53. The second kappa shape index (κ2) is 5.66. The zero-order chi connectivity index (χ0) is 19.3. The van der Waals surface area contributed by atoms with Crippen LogP contribution in [0.5, 0.6) is 11.5 Å². The molecular formula is C24H32O4. The summed E-state index contributed by atoms with van der Waals surface area (Å²) in [5.74, 6) is 3.17. The van der Waals surface area contributed by atoms with Gasteiger partial charge in [-0.1, -0.05) is 0 Å². The van der Waals surface area contributed by atoms with Crippen LogP contribution >= 0.6 is 0 Å². The molecular weight excluding hydrogens is 352 g/mol. The summed E-state index contributed by atoms with van der Waals surface area (Å²) in [5, 5.41) is 21.4. The van der Waals surface area contributed by atoms with E-state index < -0.39 is 0 Å². The van der Waals surface area contributed by atoms with Crippen molar-refractivity contribution in [1.29, 1.82) is 0 Å². The summed E-state index contributed by atoms with van der Waals surface area (Å²) in [6.07, 6.45) is 8.50. The minimum Gasteiger partial charge on any atom is -0.508 e. The fourth-order valence-electron chi connectivity index (χ4n) is 7.66. The molecule has 6 aliphatic rings. The lowest BCUT2D eigenvalue weighted by Crippen LogP contribution is -2.53. The monoisotopic (exact) mass is 384 g/mol. The van der Waals surface area contributed by atoms with Gasteiger partial charge in [0.25, 0.3) is 0 Å². The Labute approximate surface area is 167 Å². The average Bonchev–Trinajstić information content (AvgIpc) is 2.59. The standard InChI is InChI=1S/C24H32O4/c1-23(2)19-4-3-16(25)10-18(19)22-20(26)8-15(9-21(22)28-23)24-11-13-5-14(12-24)7-17(6-13)27-24/h8-9,13-14,16-19,25-26H,3-7,10-12H2,1-2H3/t13-,14+,16-,17?,18-,19?,24?/m1/s1. The first kappa shape index (κ1) is 17.6. The van der Waals surface area contributed by atoms with Gasteiger partial charge in [-0.15, -0.1) is 0 Å². The summed E-state index contributed by atoms with van der Waals surface area (Å²) in [4.78, 5) is 0. The maximum Gasteiger partial charge on any atom is 0.127 e. The Kier molecular flexibility index (Phi) is 3.56. The fraction of sp³-hybridized carbons (Fsp3) is 0.750. The van der Waals surface area contributed by atoms with Crippen LogP contribution in [0.3, 0.4) is 0 Å². The average molecular weight is 385 g/mol. The van der Waals surface area contributed by atoms with Crippen LogP contribution in [0.2, 0.25) is 0 Å². The Balaban J connectivity index is 1.44. The van der Waals surface area contributed by atoms with E-state index in [9.17, 15) is 10.2 Å². The largest absolute Gasteiger partial charge is 0.508 e. The van der Waals surface area contributed by atoms with Gasteiger partial charge in [0, 0.05) is 17.4 Å². The van der Waals surface area contributed by atoms with Crippen molar-refractivity contribution in [3.8, 4) is 11.5 Å². The van der Waals surface area contributed by atoms with Gasteiger partial charge in [0.2, 0.25) is 0 Å². The Morgan fingerprint density at radius 1 is 1.00 bits per heavy atom. The number of benzene rings is 1. The third-order valence-corrected chi connectivity index (χ3v) is 8.59. The third kappa shape index (κ3) is 2.43. The van der Waals surface area contributed by atoms with E-state index in [0.29, 0.717) is 24.2 Å². The number of aromatic hydroxyl groups is 1. The van der Waals surface area contributed by atoms with Crippen LogP contribution < -0.4 is 4.74 Å².